The van der Waals surface area contributed by atoms with E-state index in [-0.39, 0.29) is 18.4 Å². The van der Waals surface area contributed by atoms with Gasteiger partial charge in [0.05, 0.1) is 13.1 Å². The largest absolute Gasteiger partial charge is 0.383 e. The third-order valence-electron chi connectivity index (χ3n) is 3.80. The van der Waals surface area contributed by atoms with Crippen molar-refractivity contribution in [1.29, 1.82) is 0 Å². The Kier molecular flexibility index (Phi) is 4.95. The fourth-order valence-corrected chi connectivity index (χ4v) is 2.37. The van der Waals surface area contributed by atoms with E-state index in [4.69, 9.17) is 0 Å². The molecule has 0 radical (unpaired) electrons. The summed E-state index contributed by atoms with van der Waals surface area (Å²) in [6, 6.07) is 0. The van der Waals surface area contributed by atoms with Gasteiger partial charge in [0, 0.05) is 33.0 Å². The number of hydrogen-bond donors (Lipinski definition) is 1. The van der Waals surface area contributed by atoms with Crippen LogP contribution in [0.4, 0.5) is 0 Å². The molecule has 0 saturated carbocycles. The van der Waals surface area contributed by atoms with E-state index >= 15 is 0 Å². The van der Waals surface area contributed by atoms with Crippen molar-refractivity contribution in [2.45, 2.75) is 31.9 Å². The summed E-state index contributed by atoms with van der Waals surface area (Å²) in [4.78, 5) is 31.4. The lowest BCUT2D eigenvalue weighted by Gasteiger charge is -2.25. The number of aliphatic hydroxyl groups excluding tert-OH is 1. The Morgan fingerprint density at radius 2 is 2.29 bits per heavy atom. The van der Waals surface area contributed by atoms with Crippen molar-refractivity contribution in [3.8, 4) is 0 Å². The lowest BCUT2D eigenvalue weighted by atomic mass is 10.2. The molecule has 1 aliphatic rings. The summed E-state index contributed by atoms with van der Waals surface area (Å²) in [5, 5.41) is 9.69. The van der Waals surface area contributed by atoms with Gasteiger partial charge in [0.25, 0.3) is 5.91 Å². The Hall–Kier alpha value is -1.89. The van der Waals surface area contributed by atoms with Gasteiger partial charge in [-0.15, -0.1) is 0 Å². The van der Waals surface area contributed by atoms with Crippen LogP contribution in [0.2, 0.25) is 0 Å². The van der Waals surface area contributed by atoms with E-state index in [1.165, 1.54) is 4.90 Å². The smallest absolute Gasteiger partial charge is 0.251 e. The van der Waals surface area contributed by atoms with Gasteiger partial charge in [0.1, 0.15) is 11.9 Å². The first kappa shape index (κ1) is 15.5. The number of aromatic nitrogens is 2. The van der Waals surface area contributed by atoms with Crippen LogP contribution in [-0.4, -0.2) is 62.5 Å². The van der Waals surface area contributed by atoms with Gasteiger partial charge >= 0.3 is 0 Å². The molecule has 7 nitrogen and oxygen atoms in total. The van der Waals surface area contributed by atoms with Crippen molar-refractivity contribution >= 4 is 11.8 Å². The lowest BCUT2D eigenvalue weighted by Crippen LogP contribution is -2.44. The number of aryl methyl sites for hydroxylation is 1. The van der Waals surface area contributed by atoms with Crippen molar-refractivity contribution in [2.24, 2.45) is 7.05 Å². The van der Waals surface area contributed by atoms with Gasteiger partial charge in [0.15, 0.2) is 0 Å². The molecule has 1 unspecified atom stereocenters. The minimum absolute atomic E-state index is 0.0107. The fourth-order valence-electron chi connectivity index (χ4n) is 2.37. The highest BCUT2D eigenvalue weighted by atomic mass is 16.3. The third kappa shape index (κ3) is 3.81. The van der Waals surface area contributed by atoms with Crippen LogP contribution in [0.1, 0.15) is 25.1 Å². The number of imidazole rings is 1. The molecule has 1 aromatic rings. The van der Waals surface area contributed by atoms with Crippen molar-refractivity contribution in [2.75, 3.05) is 20.1 Å². The summed E-state index contributed by atoms with van der Waals surface area (Å²) in [5.74, 6) is 0.291. The van der Waals surface area contributed by atoms with E-state index in [1.54, 1.807) is 18.1 Å². The van der Waals surface area contributed by atoms with E-state index in [9.17, 15) is 14.7 Å². The van der Waals surface area contributed by atoms with Gasteiger partial charge in [0.2, 0.25) is 5.91 Å². The maximum absolute atomic E-state index is 12.2. The minimum atomic E-state index is -0.972. The second-order valence-electron chi connectivity index (χ2n) is 5.48. The highest BCUT2D eigenvalue weighted by Crippen LogP contribution is 2.12. The first-order chi connectivity index (χ1) is 9.99. The normalized spacial score (nSPS) is 19.5. The van der Waals surface area contributed by atoms with E-state index in [1.807, 2.05) is 17.8 Å². The van der Waals surface area contributed by atoms with Crippen molar-refractivity contribution in [3.63, 3.8) is 0 Å². The molecule has 1 aliphatic heterocycles. The lowest BCUT2D eigenvalue weighted by molar-refractivity contribution is -0.145. The van der Waals surface area contributed by atoms with Crippen LogP contribution in [-0.2, 0) is 23.2 Å². The molecule has 2 amide bonds. The van der Waals surface area contributed by atoms with E-state index < -0.39 is 6.10 Å². The molecule has 116 valence electrons. The molecule has 1 N–H and O–H groups in total. The summed E-state index contributed by atoms with van der Waals surface area (Å²) in [6.45, 7) is 0.932. The topological polar surface area (TPSA) is 78.7 Å². The molecule has 21 heavy (non-hydrogen) atoms. The SMILES string of the molecule is CN(Cc1nccn1C)C(=O)CN1CCCCC(O)C1=O. The van der Waals surface area contributed by atoms with Crippen LogP contribution in [0.15, 0.2) is 12.4 Å². The zero-order valence-electron chi connectivity index (χ0n) is 12.5. The third-order valence-corrected chi connectivity index (χ3v) is 3.80. The molecule has 2 heterocycles. The molecular weight excluding hydrogens is 272 g/mol. The molecule has 0 bridgehead atoms. The summed E-state index contributed by atoms with van der Waals surface area (Å²) in [5.41, 5.74) is 0. The standard InChI is InChI=1S/C14H22N4O3/c1-16-8-6-15-12(16)9-17(2)13(20)10-18-7-4-3-5-11(19)14(18)21/h6,8,11,19H,3-5,7,9-10H2,1-2H3. The molecule has 0 aliphatic carbocycles. The number of likely N-dealkylation sites (tertiary alicyclic amines) is 1. The van der Waals surface area contributed by atoms with Crippen LogP contribution in [0.25, 0.3) is 0 Å². The van der Waals surface area contributed by atoms with E-state index in [0.29, 0.717) is 19.5 Å². The fraction of sp³-hybridized carbons (Fsp3) is 0.643. The van der Waals surface area contributed by atoms with Gasteiger partial charge in [-0.1, -0.05) is 0 Å². The quantitative estimate of drug-likeness (QED) is 0.831. The van der Waals surface area contributed by atoms with Crippen molar-refractivity contribution in [3.05, 3.63) is 18.2 Å². The zero-order chi connectivity index (χ0) is 15.4. The molecule has 1 fully saturated rings. The molecule has 0 aromatic carbocycles. The number of amides is 2. The Labute approximate surface area is 124 Å². The number of rotatable bonds is 4. The second-order valence-corrected chi connectivity index (χ2v) is 5.48. The second kappa shape index (κ2) is 6.71. The zero-order valence-corrected chi connectivity index (χ0v) is 12.5. The van der Waals surface area contributed by atoms with E-state index in [0.717, 1.165) is 18.7 Å². The van der Waals surface area contributed by atoms with Crippen LogP contribution in [0.3, 0.4) is 0 Å². The Bertz CT molecular complexity index is 514. The summed E-state index contributed by atoms with van der Waals surface area (Å²) in [6.07, 6.45) is 4.64. The summed E-state index contributed by atoms with van der Waals surface area (Å²) >= 11 is 0. The van der Waals surface area contributed by atoms with Gasteiger partial charge < -0.3 is 19.5 Å². The number of carbonyl (C=O) groups excluding carboxylic acids is 2. The van der Waals surface area contributed by atoms with E-state index in [2.05, 4.69) is 4.98 Å². The molecule has 2 rings (SSSR count). The Balaban J connectivity index is 1.93. The number of hydrogen-bond acceptors (Lipinski definition) is 4. The Morgan fingerprint density at radius 1 is 1.52 bits per heavy atom. The van der Waals surface area contributed by atoms with Gasteiger partial charge in [-0.3, -0.25) is 9.59 Å². The predicted molar refractivity (Wildman–Crippen MR) is 76.1 cm³/mol. The molecular formula is C14H22N4O3. The molecule has 0 spiro atoms. The number of carbonyl (C=O) groups is 2. The predicted octanol–water partition coefficient (Wildman–Crippen LogP) is -0.248. The highest BCUT2D eigenvalue weighted by molar-refractivity contribution is 5.86. The first-order valence-corrected chi connectivity index (χ1v) is 7.16. The van der Waals surface area contributed by atoms with Gasteiger partial charge in [-0.2, -0.15) is 0 Å². The van der Waals surface area contributed by atoms with Gasteiger partial charge in [-0.05, 0) is 19.3 Å². The van der Waals surface area contributed by atoms with Crippen LogP contribution < -0.4 is 0 Å². The number of nitrogens with zero attached hydrogens (tertiary/aromatic N) is 4. The van der Waals surface area contributed by atoms with Gasteiger partial charge in [-0.25, -0.2) is 4.98 Å². The molecule has 1 saturated heterocycles. The highest BCUT2D eigenvalue weighted by Gasteiger charge is 2.27. The van der Waals surface area contributed by atoms with Crippen molar-refractivity contribution < 1.29 is 14.7 Å². The summed E-state index contributed by atoms with van der Waals surface area (Å²) in [7, 11) is 3.56. The molecule has 7 heteroatoms. The maximum Gasteiger partial charge on any atom is 0.251 e. The van der Waals surface area contributed by atoms with Crippen molar-refractivity contribution in [1.82, 2.24) is 19.4 Å². The van der Waals surface area contributed by atoms with Crippen LogP contribution in [0, 0.1) is 0 Å². The van der Waals surface area contributed by atoms with Crippen LogP contribution >= 0.6 is 0 Å². The van der Waals surface area contributed by atoms with Crippen LogP contribution in [0.5, 0.6) is 0 Å². The summed E-state index contributed by atoms with van der Waals surface area (Å²) < 4.78 is 1.85. The number of likely N-dealkylation sites (N-methyl/N-ethyl adjacent to an activating group) is 1. The molecule has 1 aromatic heterocycles. The number of aliphatic hydroxyl groups is 1. The average molecular weight is 294 g/mol. The monoisotopic (exact) mass is 294 g/mol. The Morgan fingerprint density at radius 3 is 2.95 bits per heavy atom. The average Bonchev–Trinajstić information content (AvgIpc) is 2.78. The first-order valence-electron chi connectivity index (χ1n) is 7.16. The minimum Gasteiger partial charge on any atom is -0.383 e. The molecule has 1 atom stereocenters. The maximum atomic E-state index is 12.2.